The number of aromatic nitrogens is 1. The highest BCUT2D eigenvalue weighted by Crippen LogP contribution is 2.03. The molecule has 1 aromatic rings. The third kappa shape index (κ3) is 4.23. The number of carbonyl (C=O) groups excluding carboxylic acids is 2. The van der Waals surface area contributed by atoms with E-state index >= 15 is 0 Å². The molecule has 7 nitrogen and oxygen atoms in total. The van der Waals surface area contributed by atoms with Gasteiger partial charge in [0.1, 0.15) is 5.76 Å². The summed E-state index contributed by atoms with van der Waals surface area (Å²) in [6, 6.07) is -0.937. The van der Waals surface area contributed by atoms with Crippen LogP contribution in [0.15, 0.2) is 10.6 Å². The van der Waals surface area contributed by atoms with Crippen LogP contribution in [-0.4, -0.2) is 22.8 Å². The molecule has 1 atom stereocenters. The number of nitrogens with zero attached hydrogens (tertiary/aromatic N) is 1. The average Bonchev–Trinajstić information content (AvgIpc) is 2.72. The zero-order valence-electron chi connectivity index (χ0n) is 9.60. The molecule has 2 amide bonds. The minimum absolute atomic E-state index is 0.144. The van der Waals surface area contributed by atoms with Gasteiger partial charge in [0, 0.05) is 6.42 Å². The fraction of sp³-hybridized carbons (Fsp3) is 0.500. The molecule has 0 saturated heterocycles. The number of oxazole rings is 1. The quantitative estimate of drug-likeness (QED) is 0.591. The van der Waals surface area contributed by atoms with E-state index in [1.807, 2.05) is 6.92 Å². The third-order valence-electron chi connectivity index (χ3n) is 2.12. The van der Waals surface area contributed by atoms with E-state index in [2.05, 4.69) is 10.3 Å². The van der Waals surface area contributed by atoms with E-state index in [0.29, 0.717) is 5.89 Å². The van der Waals surface area contributed by atoms with Gasteiger partial charge in [0.25, 0.3) is 0 Å². The Bertz CT molecular complexity index is 402. The monoisotopic (exact) mass is 240 g/mol. The Labute approximate surface area is 98.6 Å². The van der Waals surface area contributed by atoms with Crippen molar-refractivity contribution in [3.8, 4) is 0 Å². The van der Waals surface area contributed by atoms with Crippen molar-refractivity contribution in [3.05, 3.63) is 17.8 Å². The number of nitrogens with one attached hydrogen (secondary N) is 1. The highest BCUT2D eigenvalue weighted by Gasteiger charge is 2.16. The number of amides is 2. The van der Waals surface area contributed by atoms with Crippen LogP contribution in [0.1, 0.15) is 25.0 Å². The Morgan fingerprint density at radius 1 is 1.59 bits per heavy atom. The van der Waals surface area contributed by atoms with Crippen molar-refractivity contribution >= 4 is 11.8 Å². The van der Waals surface area contributed by atoms with Crippen LogP contribution in [-0.2, 0) is 22.6 Å². The molecule has 0 saturated carbocycles. The predicted molar refractivity (Wildman–Crippen MR) is 59.5 cm³/mol. The Kier molecular flexibility index (Phi) is 4.65. The normalized spacial score (nSPS) is 12.1. The van der Waals surface area contributed by atoms with Crippen molar-refractivity contribution in [1.82, 2.24) is 10.3 Å². The van der Waals surface area contributed by atoms with Crippen molar-refractivity contribution in [2.75, 3.05) is 0 Å². The number of nitrogens with two attached hydrogens (primary N) is 2. The lowest BCUT2D eigenvalue weighted by atomic mass is 10.2. The minimum atomic E-state index is -0.937. The van der Waals surface area contributed by atoms with Gasteiger partial charge in [0.15, 0.2) is 0 Å². The van der Waals surface area contributed by atoms with Gasteiger partial charge in [-0.2, -0.15) is 0 Å². The Hall–Kier alpha value is -1.89. The van der Waals surface area contributed by atoms with Crippen LogP contribution in [0.2, 0.25) is 0 Å². The molecule has 0 aromatic carbocycles. The first kappa shape index (κ1) is 13.2. The van der Waals surface area contributed by atoms with E-state index in [4.69, 9.17) is 15.9 Å². The Balaban J connectivity index is 2.39. The molecule has 0 spiro atoms. The molecule has 1 aromatic heterocycles. The molecule has 0 bridgehead atoms. The van der Waals surface area contributed by atoms with Crippen LogP contribution in [0.3, 0.4) is 0 Å². The molecular formula is C10H16N4O3. The van der Waals surface area contributed by atoms with Gasteiger partial charge >= 0.3 is 0 Å². The van der Waals surface area contributed by atoms with Crippen LogP contribution in [0.4, 0.5) is 0 Å². The lowest BCUT2D eigenvalue weighted by Crippen LogP contribution is -2.42. The van der Waals surface area contributed by atoms with Gasteiger partial charge in [-0.15, -0.1) is 0 Å². The van der Waals surface area contributed by atoms with E-state index in [0.717, 1.165) is 12.2 Å². The van der Waals surface area contributed by atoms with Crippen LogP contribution in [0, 0.1) is 0 Å². The second kappa shape index (κ2) is 6.00. The van der Waals surface area contributed by atoms with Crippen molar-refractivity contribution in [2.24, 2.45) is 11.5 Å². The number of primary amides is 1. The summed E-state index contributed by atoms with van der Waals surface area (Å²) in [5, 5.41) is 2.51. The van der Waals surface area contributed by atoms with Gasteiger partial charge in [0.2, 0.25) is 17.7 Å². The Morgan fingerprint density at radius 2 is 2.29 bits per heavy atom. The average molecular weight is 240 g/mol. The molecule has 1 rings (SSSR count). The van der Waals surface area contributed by atoms with Gasteiger partial charge in [-0.25, -0.2) is 4.98 Å². The van der Waals surface area contributed by atoms with Crippen molar-refractivity contribution in [2.45, 2.75) is 32.4 Å². The second-order valence-corrected chi connectivity index (χ2v) is 3.57. The van der Waals surface area contributed by atoms with E-state index in [-0.39, 0.29) is 13.0 Å². The molecule has 17 heavy (non-hydrogen) atoms. The summed E-state index contributed by atoms with van der Waals surface area (Å²) in [6.07, 6.45) is 2.16. The van der Waals surface area contributed by atoms with Crippen LogP contribution >= 0.6 is 0 Å². The second-order valence-electron chi connectivity index (χ2n) is 3.57. The van der Waals surface area contributed by atoms with Crippen LogP contribution in [0.25, 0.3) is 0 Å². The molecular weight excluding hydrogens is 224 g/mol. The summed E-state index contributed by atoms with van der Waals surface area (Å²) in [5.74, 6) is 0.0780. The predicted octanol–water partition coefficient (Wildman–Crippen LogP) is -0.944. The summed E-state index contributed by atoms with van der Waals surface area (Å²) in [7, 11) is 0. The molecule has 0 aliphatic heterocycles. The lowest BCUT2D eigenvalue weighted by molar-refractivity contribution is -0.126. The number of rotatable bonds is 6. The molecule has 7 heteroatoms. The topological polar surface area (TPSA) is 124 Å². The van der Waals surface area contributed by atoms with Gasteiger partial charge in [-0.1, -0.05) is 6.92 Å². The molecule has 0 aliphatic carbocycles. The molecule has 94 valence electrons. The van der Waals surface area contributed by atoms with Gasteiger partial charge in [0.05, 0.1) is 25.2 Å². The highest BCUT2D eigenvalue weighted by atomic mass is 16.4. The van der Waals surface area contributed by atoms with Crippen LogP contribution in [0.5, 0.6) is 0 Å². The zero-order valence-corrected chi connectivity index (χ0v) is 9.60. The van der Waals surface area contributed by atoms with Crippen LogP contribution < -0.4 is 16.8 Å². The smallest absolute Gasteiger partial charge is 0.237 e. The fourth-order valence-electron chi connectivity index (χ4n) is 1.20. The summed E-state index contributed by atoms with van der Waals surface area (Å²) in [5.41, 5.74) is 10.4. The third-order valence-corrected chi connectivity index (χ3v) is 2.12. The van der Waals surface area contributed by atoms with Gasteiger partial charge in [-0.3, -0.25) is 9.59 Å². The standard InChI is InChI=1S/C10H16N4O3/c1-2-6-4-13-9(17-6)5-14-10(16)7(11)3-8(12)15/h4,7H,2-3,5,11H2,1H3,(H2,12,15)(H,14,16). The molecule has 0 radical (unpaired) electrons. The largest absolute Gasteiger partial charge is 0.444 e. The molecule has 5 N–H and O–H groups in total. The SMILES string of the molecule is CCc1cnc(CNC(=O)C(N)CC(N)=O)o1. The van der Waals surface area contributed by atoms with E-state index < -0.39 is 17.9 Å². The Morgan fingerprint density at radius 3 is 2.82 bits per heavy atom. The minimum Gasteiger partial charge on any atom is -0.444 e. The highest BCUT2D eigenvalue weighted by molar-refractivity contribution is 5.87. The van der Waals surface area contributed by atoms with E-state index in [9.17, 15) is 9.59 Å². The lowest BCUT2D eigenvalue weighted by Gasteiger charge is -2.08. The van der Waals surface area contributed by atoms with Crippen molar-refractivity contribution < 1.29 is 14.0 Å². The zero-order chi connectivity index (χ0) is 12.8. The van der Waals surface area contributed by atoms with E-state index in [1.54, 1.807) is 6.20 Å². The summed E-state index contributed by atoms with van der Waals surface area (Å²) < 4.78 is 5.29. The first-order valence-corrected chi connectivity index (χ1v) is 5.28. The van der Waals surface area contributed by atoms with Gasteiger partial charge in [-0.05, 0) is 0 Å². The first-order chi connectivity index (χ1) is 8.02. The summed E-state index contributed by atoms with van der Waals surface area (Å²) >= 11 is 0. The number of hydrogen-bond acceptors (Lipinski definition) is 5. The van der Waals surface area contributed by atoms with Gasteiger partial charge < -0.3 is 21.2 Å². The first-order valence-electron chi connectivity index (χ1n) is 5.28. The number of carbonyl (C=O) groups is 2. The maximum absolute atomic E-state index is 11.4. The summed E-state index contributed by atoms with van der Waals surface area (Å²) in [6.45, 7) is 2.08. The van der Waals surface area contributed by atoms with E-state index in [1.165, 1.54) is 0 Å². The van der Waals surface area contributed by atoms with Crippen molar-refractivity contribution in [3.63, 3.8) is 0 Å². The van der Waals surface area contributed by atoms with Crippen molar-refractivity contribution in [1.29, 1.82) is 0 Å². The maximum atomic E-state index is 11.4. The molecule has 1 heterocycles. The summed E-state index contributed by atoms with van der Waals surface area (Å²) in [4.78, 5) is 25.9. The number of aryl methyl sites for hydroxylation is 1. The number of hydrogen-bond donors (Lipinski definition) is 3. The maximum Gasteiger partial charge on any atom is 0.237 e. The molecule has 0 fully saturated rings. The molecule has 1 unspecified atom stereocenters. The fourth-order valence-corrected chi connectivity index (χ4v) is 1.20. The molecule has 0 aliphatic rings.